The maximum atomic E-state index is 11.2. The van der Waals surface area contributed by atoms with Gasteiger partial charge in [0.25, 0.3) is 0 Å². The molecule has 4 unspecified atom stereocenters. The van der Waals surface area contributed by atoms with Crippen molar-refractivity contribution in [3.63, 3.8) is 0 Å². The number of hydrogen-bond donors (Lipinski definition) is 1. The van der Waals surface area contributed by atoms with E-state index in [0.717, 1.165) is 38.8 Å². The molecule has 0 aromatic rings. The van der Waals surface area contributed by atoms with Gasteiger partial charge >= 0.3 is 6.09 Å². The number of ether oxygens (including phenoxy) is 1. The quantitative estimate of drug-likeness (QED) is 0.826. The zero-order valence-electron chi connectivity index (χ0n) is 11.8. The number of amides is 1. The van der Waals surface area contributed by atoms with Crippen molar-refractivity contribution < 1.29 is 9.53 Å². The van der Waals surface area contributed by atoms with Crippen LogP contribution in [-0.4, -0.2) is 43.3 Å². The summed E-state index contributed by atoms with van der Waals surface area (Å²) in [6.45, 7) is 4.07. The molecule has 1 saturated heterocycles. The van der Waals surface area contributed by atoms with Gasteiger partial charge in [0.05, 0.1) is 19.1 Å². The number of likely N-dealkylation sites (tertiary alicyclic amines) is 1. The van der Waals surface area contributed by atoms with E-state index >= 15 is 0 Å². The van der Waals surface area contributed by atoms with E-state index in [0.29, 0.717) is 12.0 Å². The average Bonchev–Trinajstić information content (AvgIpc) is 2.86. The molecule has 5 heteroatoms. The van der Waals surface area contributed by atoms with E-state index in [9.17, 15) is 10.1 Å². The van der Waals surface area contributed by atoms with Crippen molar-refractivity contribution in [2.45, 2.75) is 44.7 Å². The molecule has 0 aromatic carbocycles. The van der Waals surface area contributed by atoms with Crippen LogP contribution in [0.25, 0.3) is 0 Å². The van der Waals surface area contributed by atoms with E-state index in [1.807, 2.05) is 0 Å². The van der Waals surface area contributed by atoms with Crippen molar-refractivity contribution in [1.82, 2.24) is 10.2 Å². The van der Waals surface area contributed by atoms with Gasteiger partial charge in [-0.05, 0) is 31.6 Å². The fraction of sp³-hybridized carbons (Fsp3) is 0.857. The number of nitrogens with one attached hydrogen (secondary N) is 1. The summed E-state index contributed by atoms with van der Waals surface area (Å²) in [4.78, 5) is 13.6. The number of nitriles is 1. The fourth-order valence-electron chi connectivity index (χ4n) is 3.34. The van der Waals surface area contributed by atoms with Gasteiger partial charge in [0, 0.05) is 25.2 Å². The maximum absolute atomic E-state index is 11.2. The van der Waals surface area contributed by atoms with Gasteiger partial charge in [-0.1, -0.05) is 6.92 Å². The second-order valence-corrected chi connectivity index (χ2v) is 5.84. The highest BCUT2D eigenvalue weighted by molar-refractivity contribution is 5.67. The number of carbonyl (C=O) groups is 1. The molecular formula is C14H23N3O2. The molecule has 1 N–H and O–H groups in total. The van der Waals surface area contributed by atoms with Crippen LogP contribution in [0.5, 0.6) is 0 Å². The lowest BCUT2D eigenvalue weighted by atomic mass is 9.79. The van der Waals surface area contributed by atoms with Gasteiger partial charge in [0.15, 0.2) is 0 Å². The maximum Gasteiger partial charge on any atom is 0.407 e. The molecule has 5 nitrogen and oxygen atoms in total. The van der Waals surface area contributed by atoms with Crippen LogP contribution in [0.2, 0.25) is 0 Å². The third-order valence-corrected chi connectivity index (χ3v) is 4.44. The van der Waals surface area contributed by atoms with Gasteiger partial charge < -0.3 is 10.1 Å². The van der Waals surface area contributed by atoms with Crippen LogP contribution >= 0.6 is 0 Å². The van der Waals surface area contributed by atoms with Crippen LogP contribution in [0.4, 0.5) is 4.79 Å². The van der Waals surface area contributed by atoms with E-state index in [1.54, 1.807) is 0 Å². The van der Waals surface area contributed by atoms with Crippen molar-refractivity contribution in [2.24, 2.45) is 11.8 Å². The van der Waals surface area contributed by atoms with E-state index in [4.69, 9.17) is 0 Å². The topological polar surface area (TPSA) is 65.4 Å². The molecule has 0 spiro atoms. The van der Waals surface area contributed by atoms with E-state index < -0.39 is 0 Å². The monoisotopic (exact) mass is 265 g/mol. The lowest BCUT2D eigenvalue weighted by molar-refractivity contribution is 0.125. The van der Waals surface area contributed by atoms with Gasteiger partial charge in [0.2, 0.25) is 0 Å². The van der Waals surface area contributed by atoms with Gasteiger partial charge in [-0.3, -0.25) is 4.90 Å². The zero-order valence-corrected chi connectivity index (χ0v) is 11.8. The minimum absolute atomic E-state index is 0.146. The lowest BCUT2D eigenvalue weighted by Crippen LogP contribution is -2.44. The van der Waals surface area contributed by atoms with Crippen LogP contribution in [0, 0.1) is 23.2 Å². The van der Waals surface area contributed by atoms with Gasteiger partial charge in [-0.15, -0.1) is 0 Å². The molecule has 1 aliphatic heterocycles. The van der Waals surface area contributed by atoms with Crippen molar-refractivity contribution >= 4 is 6.09 Å². The Labute approximate surface area is 114 Å². The molecule has 2 aliphatic rings. The number of nitrogens with zero attached hydrogens (tertiary/aromatic N) is 2. The highest BCUT2D eigenvalue weighted by Gasteiger charge is 2.36. The number of methoxy groups -OCH3 is 1. The van der Waals surface area contributed by atoms with E-state index in [1.165, 1.54) is 7.11 Å². The molecule has 2 fully saturated rings. The van der Waals surface area contributed by atoms with Crippen LogP contribution in [0.15, 0.2) is 0 Å². The first-order chi connectivity index (χ1) is 9.13. The highest BCUT2D eigenvalue weighted by Crippen LogP contribution is 2.33. The fourth-order valence-corrected chi connectivity index (χ4v) is 3.34. The molecule has 0 bridgehead atoms. The summed E-state index contributed by atoms with van der Waals surface area (Å²) in [5.41, 5.74) is 0. The Morgan fingerprint density at radius 1 is 1.42 bits per heavy atom. The van der Waals surface area contributed by atoms with E-state index in [2.05, 4.69) is 27.9 Å². The minimum Gasteiger partial charge on any atom is -0.453 e. The molecule has 2 rings (SSSR count). The number of alkyl carbamates (subject to hydrolysis) is 1. The third-order valence-electron chi connectivity index (χ3n) is 4.44. The molecule has 1 amide bonds. The first-order valence-electron chi connectivity index (χ1n) is 7.12. The minimum atomic E-state index is -0.360. The van der Waals surface area contributed by atoms with Crippen molar-refractivity contribution in [3.05, 3.63) is 0 Å². The predicted octanol–water partition coefficient (Wildman–Crippen LogP) is 1.75. The smallest absolute Gasteiger partial charge is 0.407 e. The molecule has 0 aromatic heterocycles. The second-order valence-electron chi connectivity index (χ2n) is 5.84. The molecule has 1 saturated carbocycles. The molecule has 1 aliphatic carbocycles. The molecule has 106 valence electrons. The van der Waals surface area contributed by atoms with Gasteiger partial charge in [0.1, 0.15) is 0 Å². The van der Waals surface area contributed by atoms with Crippen molar-refractivity contribution in [1.29, 1.82) is 5.26 Å². The molecule has 1 heterocycles. The van der Waals surface area contributed by atoms with Crippen LogP contribution in [0.3, 0.4) is 0 Å². The number of carbonyl (C=O) groups excluding carboxylic acids is 1. The Bertz CT molecular complexity index is 366. The summed E-state index contributed by atoms with van der Waals surface area (Å²) >= 11 is 0. The Morgan fingerprint density at radius 2 is 2.21 bits per heavy atom. The van der Waals surface area contributed by atoms with Crippen LogP contribution in [-0.2, 0) is 4.74 Å². The van der Waals surface area contributed by atoms with E-state index in [-0.39, 0.29) is 18.1 Å². The highest BCUT2D eigenvalue weighted by atomic mass is 16.5. The summed E-state index contributed by atoms with van der Waals surface area (Å²) in [7, 11) is 1.39. The summed E-state index contributed by atoms with van der Waals surface area (Å²) in [6, 6.07) is 2.98. The summed E-state index contributed by atoms with van der Waals surface area (Å²) in [6.07, 6.45) is 3.85. The lowest BCUT2D eigenvalue weighted by Gasteiger charge is -2.37. The molecule has 19 heavy (non-hydrogen) atoms. The SMILES string of the molecule is COC(=O)NC1CCN(C2CC(C)CCC2C#N)C1. The zero-order chi connectivity index (χ0) is 13.8. The van der Waals surface area contributed by atoms with Crippen molar-refractivity contribution in [3.8, 4) is 6.07 Å². The molecular weight excluding hydrogens is 242 g/mol. The molecule has 0 radical (unpaired) electrons. The summed E-state index contributed by atoms with van der Waals surface area (Å²) in [5, 5.41) is 12.1. The first-order valence-corrected chi connectivity index (χ1v) is 7.12. The van der Waals surface area contributed by atoms with Crippen LogP contribution in [0.1, 0.15) is 32.6 Å². The Kier molecular flexibility index (Phi) is 4.65. The van der Waals surface area contributed by atoms with Crippen LogP contribution < -0.4 is 5.32 Å². The Balaban J connectivity index is 1.91. The predicted molar refractivity (Wildman–Crippen MR) is 71.4 cm³/mol. The van der Waals surface area contributed by atoms with Gasteiger partial charge in [-0.2, -0.15) is 5.26 Å². The second kappa shape index (κ2) is 6.25. The average molecular weight is 265 g/mol. The standard InChI is InChI=1S/C14H23N3O2/c1-10-3-4-11(8-15)13(7-10)17-6-5-12(9-17)16-14(18)19-2/h10-13H,3-7,9H2,1-2H3,(H,16,18). The molecule has 4 atom stereocenters. The van der Waals surface area contributed by atoms with Crippen molar-refractivity contribution in [2.75, 3.05) is 20.2 Å². The first kappa shape index (κ1) is 14.1. The van der Waals surface area contributed by atoms with Gasteiger partial charge in [-0.25, -0.2) is 4.79 Å². The normalized spacial score (nSPS) is 35.6. The number of hydrogen-bond acceptors (Lipinski definition) is 4. The largest absolute Gasteiger partial charge is 0.453 e. The Hall–Kier alpha value is -1.28. The Morgan fingerprint density at radius 3 is 2.89 bits per heavy atom. The number of rotatable bonds is 2. The summed E-state index contributed by atoms with van der Waals surface area (Å²) < 4.78 is 4.63. The third kappa shape index (κ3) is 3.38. The summed E-state index contributed by atoms with van der Waals surface area (Å²) in [5.74, 6) is 0.843.